The van der Waals surface area contributed by atoms with Gasteiger partial charge >= 0.3 is 0 Å². The Morgan fingerprint density at radius 3 is 3.06 bits per heavy atom. The Kier molecular flexibility index (Phi) is 5.36. The highest BCUT2D eigenvalue weighted by Crippen LogP contribution is 2.21. The number of rotatable bonds is 5. The summed E-state index contributed by atoms with van der Waals surface area (Å²) in [5.41, 5.74) is 5.76. The minimum atomic E-state index is 0.323. The lowest BCUT2D eigenvalue weighted by Crippen LogP contribution is -2.37. The van der Waals surface area contributed by atoms with Gasteiger partial charge < -0.3 is 0 Å². The number of allylic oxidation sites excluding steroid dienone is 1. The maximum Gasteiger partial charge on any atom is 0.0422 e. The number of hydrazine groups is 1. The van der Waals surface area contributed by atoms with Gasteiger partial charge in [-0.25, -0.2) is 0 Å². The molecule has 1 heterocycles. The number of pyridine rings is 1. The molecule has 1 aliphatic carbocycles. The second-order valence-corrected chi connectivity index (χ2v) is 5.00. The summed E-state index contributed by atoms with van der Waals surface area (Å²) >= 11 is 0. The van der Waals surface area contributed by atoms with Crippen LogP contribution in [0.5, 0.6) is 0 Å². The van der Waals surface area contributed by atoms with Gasteiger partial charge in [0.05, 0.1) is 0 Å². The van der Waals surface area contributed by atoms with Crippen LogP contribution in [-0.4, -0.2) is 11.0 Å². The van der Waals surface area contributed by atoms with Gasteiger partial charge in [0.2, 0.25) is 0 Å². The molecule has 1 unspecified atom stereocenters. The zero-order valence-corrected chi connectivity index (χ0v) is 10.9. The fourth-order valence-electron chi connectivity index (χ4n) is 2.59. The van der Waals surface area contributed by atoms with Gasteiger partial charge in [-0.3, -0.25) is 16.3 Å². The van der Waals surface area contributed by atoms with E-state index in [9.17, 15) is 0 Å². The third-order valence-electron chi connectivity index (χ3n) is 3.67. The lowest BCUT2D eigenvalue weighted by molar-refractivity contribution is 0.532. The first-order chi connectivity index (χ1) is 8.90. The van der Waals surface area contributed by atoms with Crippen molar-refractivity contribution in [1.29, 1.82) is 0 Å². The van der Waals surface area contributed by atoms with Crippen molar-refractivity contribution in [2.24, 2.45) is 5.84 Å². The molecule has 1 aromatic rings. The topological polar surface area (TPSA) is 50.9 Å². The molecular weight excluding hydrogens is 222 g/mol. The Morgan fingerprint density at radius 2 is 2.28 bits per heavy atom. The molecule has 0 saturated heterocycles. The maximum absolute atomic E-state index is 5.71. The summed E-state index contributed by atoms with van der Waals surface area (Å²) in [7, 11) is 0. The Labute approximate surface area is 109 Å². The Balaban J connectivity index is 1.90. The number of hydrogen-bond acceptors (Lipinski definition) is 3. The van der Waals surface area contributed by atoms with E-state index in [1.807, 2.05) is 18.5 Å². The van der Waals surface area contributed by atoms with E-state index >= 15 is 0 Å². The average Bonchev–Trinajstić information content (AvgIpc) is 2.70. The largest absolute Gasteiger partial charge is 0.271 e. The highest BCUT2D eigenvalue weighted by Gasteiger charge is 2.14. The van der Waals surface area contributed by atoms with Crippen LogP contribution in [0.3, 0.4) is 0 Å². The molecule has 98 valence electrons. The van der Waals surface area contributed by atoms with Crippen molar-refractivity contribution in [1.82, 2.24) is 10.4 Å². The van der Waals surface area contributed by atoms with Gasteiger partial charge in [-0.1, -0.05) is 24.1 Å². The van der Waals surface area contributed by atoms with Crippen molar-refractivity contribution in [2.45, 2.75) is 51.0 Å². The monoisotopic (exact) mass is 245 g/mol. The molecule has 0 saturated carbocycles. The van der Waals surface area contributed by atoms with E-state index in [-0.39, 0.29) is 0 Å². The van der Waals surface area contributed by atoms with Gasteiger partial charge in [-0.2, -0.15) is 0 Å². The molecule has 1 atom stereocenters. The summed E-state index contributed by atoms with van der Waals surface area (Å²) in [6.07, 6.45) is 14.6. The number of aromatic nitrogens is 1. The van der Waals surface area contributed by atoms with Crippen molar-refractivity contribution < 1.29 is 0 Å². The van der Waals surface area contributed by atoms with Gasteiger partial charge in [-0.15, -0.1) is 0 Å². The van der Waals surface area contributed by atoms with Crippen LogP contribution in [0.4, 0.5) is 0 Å². The minimum Gasteiger partial charge on any atom is -0.271 e. The summed E-state index contributed by atoms with van der Waals surface area (Å²) in [6, 6.07) is 4.44. The highest BCUT2D eigenvalue weighted by molar-refractivity contribution is 5.14. The van der Waals surface area contributed by atoms with Gasteiger partial charge in [-0.05, 0) is 50.2 Å². The third-order valence-corrected chi connectivity index (χ3v) is 3.67. The smallest absolute Gasteiger partial charge is 0.0422 e. The quantitative estimate of drug-likeness (QED) is 0.476. The van der Waals surface area contributed by atoms with Gasteiger partial charge in [0.1, 0.15) is 0 Å². The summed E-state index contributed by atoms with van der Waals surface area (Å²) in [6.45, 7) is 0. The molecule has 2 rings (SSSR count). The summed E-state index contributed by atoms with van der Waals surface area (Å²) in [5.74, 6) is 5.71. The van der Waals surface area contributed by atoms with Crippen molar-refractivity contribution in [3.8, 4) is 0 Å². The number of aryl methyl sites for hydroxylation is 1. The van der Waals surface area contributed by atoms with Gasteiger partial charge in [0.15, 0.2) is 0 Å². The van der Waals surface area contributed by atoms with E-state index < -0.39 is 0 Å². The minimum absolute atomic E-state index is 0.323. The molecular formula is C15H23N3. The zero-order chi connectivity index (χ0) is 12.6. The first-order valence-corrected chi connectivity index (χ1v) is 6.94. The van der Waals surface area contributed by atoms with E-state index in [4.69, 9.17) is 5.84 Å². The second kappa shape index (κ2) is 7.29. The van der Waals surface area contributed by atoms with E-state index in [1.54, 1.807) is 0 Å². The maximum atomic E-state index is 5.71. The molecule has 3 heteroatoms. The van der Waals surface area contributed by atoms with Crippen molar-refractivity contribution in [2.75, 3.05) is 0 Å². The molecule has 18 heavy (non-hydrogen) atoms. The lowest BCUT2D eigenvalue weighted by Gasteiger charge is -2.19. The first-order valence-electron chi connectivity index (χ1n) is 6.94. The molecule has 0 fully saturated rings. The predicted molar refractivity (Wildman–Crippen MR) is 74.8 cm³/mol. The molecule has 0 aromatic carbocycles. The van der Waals surface area contributed by atoms with Crippen LogP contribution in [0.25, 0.3) is 0 Å². The van der Waals surface area contributed by atoms with E-state index in [0.717, 1.165) is 12.8 Å². The molecule has 0 bridgehead atoms. The van der Waals surface area contributed by atoms with E-state index in [2.05, 4.69) is 22.6 Å². The number of nitrogens with one attached hydrogen (secondary N) is 1. The van der Waals surface area contributed by atoms with Crippen molar-refractivity contribution in [3.05, 3.63) is 41.7 Å². The Morgan fingerprint density at radius 1 is 1.33 bits per heavy atom. The number of nitrogens with two attached hydrogens (primary N) is 1. The van der Waals surface area contributed by atoms with Crippen LogP contribution in [0.2, 0.25) is 0 Å². The third kappa shape index (κ3) is 3.93. The molecule has 1 aromatic heterocycles. The zero-order valence-electron chi connectivity index (χ0n) is 10.9. The van der Waals surface area contributed by atoms with Crippen LogP contribution < -0.4 is 11.3 Å². The molecule has 3 N–H and O–H groups in total. The van der Waals surface area contributed by atoms with Crippen LogP contribution in [-0.2, 0) is 6.42 Å². The van der Waals surface area contributed by atoms with Crippen molar-refractivity contribution >= 4 is 0 Å². The van der Waals surface area contributed by atoms with Gasteiger partial charge in [0.25, 0.3) is 0 Å². The SMILES string of the molecule is NNC(CCc1cccnc1)C1=CCCCCC1. The molecule has 0 radical (unpaired) electrons. The average molecular weight is 245 g/mol. The molecule has 0 amide bonds. The standard InChI is InChI=1S/C15H23N3/c16-18-15(14-7-3-1-2-4-8-14)10-9-13-6-5-11-17-12-13/h5-7,11-12,15,18H,1-4,8-10,16H2. The van der Waals surface area contributed by atoms with Crippen LogP contribution in [0.1, 0.15) is 44.1 Å². The molecule has 1 aliphatic rings. The van der Waals surface area contributed by atoms with Gasteiger partial charge in [0, 0.05) is 18.4 Å². The van der Waals surface area contributed by atoms with Crippen molar-refractivity contribution in [3.63, 3.8) is 0 Å². The number of hydrogen-bond donors (Lipinski definition) is 2. The predicted octanol–water partition coefficient (Wildman–Crippen LogP) is 2.74. The fourth-order valence-corrected chi connectivity index (χ4v) is 2.59. The summed E-state index contributed by atoms with van der Waals surface area (Å²) < 4.78 is 0. The highest BCUT2D eigenvalue weighted by atomic mass is 15.2. The molecule has 3 nitrogen and oxygen atoms in total. The lowest BCUT2D eigenvalue weighted by atomic mass is 9.97. The van der Waals surface area contributed by atoms with E-state index in [1.165, 1.54) is 43.2 Å². The molecule has 0 aliphatic heterocycles. The molecule has 0 spiro atoms. The first kappa shape index (κ1) is 13.2. The van der Waals surface area contributed by atoms with Crippen LogP contribution >= 0.6 is 0 Å². The van der Waals surface area contributed by atoms with Crippen LogP contribution in [0.15, 0.2) is 36.2 Å². The Bertz CT molecular complexity index is 373. The Hall–Kier alpha value is -1.19. The summed E-state index contributed by atoms with van der Waals surface area (Å²) in [5, 5.41) is 0. The van der Waals surface area contributed by atoms with E-state index in [0.29, 0.717) is 6.04 Å². The second-order valence-electron chi connectivity index (χ2n) is 5.00. The normalized spacial score (nSPS) is 17.9. The van der Waals surface area contributed by atoms with Crippen LogP contribution in [0, 0.1) is 0 Å². The number of nitrogens with zero attached hydrogens (tertiary/aromatic N) is 1. The fraction of sp³-hybridized carbons (Fsp3) is 0.533. The summed E-state index contributed by atoms with van der Waals surface area (Å²) in [4.78, 5) is 4.15.